The fourth-order valence-electron chi connectivity index (χ4n) is 3.70. The molecule has 5 heteroatoms. The highest BCUT2D eigenvalue weighted by molar-refractivity contribution is 5.99. The molecule has 0 aliphatic heterocycles. The van der Waals surface area contributed by atoms with Crippen LogP contribution in [0.1, 0.15) is 37.5 Å². The molecule has 4 aromatic rings. The Labute approximate surface area is 194 Å². The van der Waals surface area contributed by atoms with Gasteiger partial charge >= 0.3 is 0 Å². The Bertz CT molecular complexity index is 1250. The van der Waals surface area contributed by atoms with Crippen LogP contribution in [0.5, 0.6) is 5.75 Å². The second-order valence-electron chi connectivity index (χ2n) is 9.07. The lowest BCUT2D eigenvalue weighted by atomic mass is 9.87. The van der Waals surface area contributed by atoms with Gasteiger partial charge in [-0.2, -0.15) is 5.10 Å². The number of nitrogens with one attached hydrogen (secondary N) is 1. The van der Waals surface area contributed by atoms with Gasteiger partial charge in [0.2, 0.25) is 0 Å². The fraction of sp³-hybridized carbons (Fsp3) is 0.214. The lowest BCUT2D eigenvalue weighted by molar-refractivity contribution is -0.123. The monoisotopic (exact) mass is 439 g/mol. The van der Waals surface area contributed by atoms with Crippen LogP contribution in [0, 0.1) is 0 Å². The quantitative estimate of drug-likeness (QED) is 0.305. The molecule has 1 N–H and O–H groups in total. The third kappa shape index (κ3) is 5.69. The molecule has 4 rings (SSSR count). The average Bonchev–Trinajstić information content (AvgIpc) is 3.15. The number of hydrogen-bond donors (Lipinski definition) is 1. The standard InChI is InChI=1S/C28H29N3O2/c1-28(2,3)23-13-15-24(16-14-23)33-20-27(32)30-29-17-22-19-31(18-21-9-5-4-6-10-21)26-12-8-7-11-25(22)26/h4-17,19H,18,20H2,1-3H3,(H,30,32). The van der Waals surface area contributed by atoms with E-state index in [1.807, 2.05) is 54.6 Å². The normalized spacial score (nSPS) is 11.7. The third-order valence-corrected chi connectivity index (χ3v) is 5.50. The summed E-state index contributed by atoms with van der Waals surface area (Å²) in [6, 6.07) is 26.3. The Morgan fingerprint density at radius 1 is 0.970 bits per heavy atom. The summed E-state index contributed by atoms with van der Waals surface area (Å²) in [6.45, 7) is 7.15. The molecule has 0 saturated heterocycles. The van der Waals surface area contributed by atoms with Gasteiger partial charge in [0.05, 0.1) is 6.21 Å². The minimum absolute atomic E-state index is 0.0782. The first-order chi connectivity index (χ1) is 15.9. The van der Waals surface area contributed by atoms with Crippen molar-refractivity contribution in [1.82, 2.24) is 9.99 Å². The Morgan fingerprint density at radius 2 is 1.67 bits per heavy atom. The average molecular weight is 440 g/mol. The molecule has 3 aromatic carbocycles. The molecule has 0 fully saturated rings. The Hall–Kier alpha value is -3.86. The lowest BCUT2D eigenvalue weighted by Gasteiger charge is -2.19. The number of rotatable bonds is 7. The zero-order chi connectivity index (χ0) is 23.3. The second kappa shape index (κ2) is 9.74. The number of carbonyl (C=O) groups excluding carboxylic acids is 1. The van der Waals surface area contributed by atoms with Crippen LogP contribution in [0.2, 0.25) is 0 Å². The minimum Gasteiger partial charge on any atom is -0.484 e. The molecule has 0 aliphatic carbocycles. The molecule has 33 heavy (non-hydrogen) atoms. The smallest absolute Gasteiger partial charge is 0.277 e. The number of aromatic nitrogens is 1. The van der Waals surface area contributed by atoms with E-state index in [-0.39, 0.29) is 17.9 Å². The number of carbonyl (C=O) groups is 1. The fourth-order valence-corrected chi connectivity index (χ4v) is 3.70. The summed E-state index contributed by atoms with van der Waals surface area (Å²) in [5.74, 6) is 0.352. The number of nitrogens with zero attached hydrogens (tertiary/aromatic N) is 2. The van der Waals surface area contributed by atoms with Crippen LogP contribution in [0.25, 0.3) is 10.9 Å². The number of hydrogen-bond acceptors (Lipinski definition) is 3. The number of hydrazone groups is 1. The van der Waals surface area contributed by atoms with E-state index in [2.05, 4.69) is 66.3 Å². The van der Waals surface area contributed by atoms with Crippen molar-refractivity contribution in [2.45, 2.75) is 32.7 Å². The summed E-state index contributed by atoms with van der Waals surface area (Å²) in [5, 5.41) is 5.24. The van der Waals surface area contributed by atoms with Crippen molar-refractivity contribution in [2.24, 2.45) is 5.10 Å². The van der Waals surface area contributed by atoms with Crippen molar-refractivity contribution in [1.29, 1.82) is 0 Å². The molecular formula is C28H29N3O2. The van der Waals surface area contributed by atoms with E-state index < -0.39 is 0 Å². The van der Waals surface area contributed by atoms with Crippen LogP contribution in [0.15, 0.2) is 90.2 Å². The molecule has 0 bridgehead atoms. The van der Waals surface area contributed by atoms with Gasteiger partial charge in [-0.25, -0.2) is 5.43 Å². The second-order valence-corrected chi connectivity index (χ2v) is 9.07. The van der Waals surface area contributed by atoms with Crippen LogP contribution in [-0.4, -0.2) is 23.3 Å². The van der Waals surface area contributed by atoms with E-state index in [0.717, 1.165) is 23.0 Å². The maximum absolute atomic E-state index is 12.2. The molecular weight excluding hydrogens is 410 g/mol. The Morgan fingerprint density at radius 3 is 2.39 bits per heavy atom. The van der Waals surface area contributed by atoms with Crippen LogP contribution in [-0.2, 0) is 16.8 Å². The summed E-state index contributed by atoms with van der Waals surface area (Å²) in [6.07, 6.45) is 3.74. The number of amides is 1. The van der Waals surface area contributed by atoms with Crippen molar-refractivity contribution < 1.29 is 9.53 Å². The van der Waals surface area contributed by atoms with E-state index in [1.54, 1.807) is 6.21 Å². The van der Waals surface area contributed by atoms with Crippen molar-refractivity contribution in [3.8, 4) is 5.75 Å². The van der Waals surface area contributed by atoms with Gasteiger partial charge < -0.3 is 9.30 Å². The first-order valence-corrected chi connectivity index (χ1v) is 11.1. The third-order valence-electron chi connectivity index (χ3n) is 5.50. The summed E-state index contributed by atoms with van der Waals surface area (Å²) in [7, 11) is 0. The maximum Gasteiger partial charge on any atom is 0.277 e. The summed E-state index contributed by atoms with van der Waals surface area (Å²) < 4.78 is 7.78. The van der Waals surface area contributed by atoms with Gasteiger partial charge in [0, 0.05) is 29.2 Å². The largest absolute Gasteiger partial charge is 0.484 e. The molecule has 5 nitrogen and oxygen atoms in total. The summed E-state index contributed by atoms with van der Waals surface area (Å²) in [5.41, 5.74) is 7.14. The van der Waals surface area contributed by atoms with Gasteiger partial charge in [-0.05, 0) is 34.7 Å². The zero-order valence-electron chi connectivity index (χ0n) is 19.3. The molecule has 168 valence electrons. The van der Waals surface area contributed by atoms with E-state index in [4.69, 9.17) is 4.74 Å². The molecule has 0 atom stereocenters. The van der Waals surface area contributed by atoms with E-state index in [0.29, 0.717) is 5.75 Å². The van der Waals surface area contributed by atoms with E-state index in [9.17, 15) is 4.79 Å². The number of benzene rings is 3. The number of para-hydroxylation sites is 1. The number of fused-ring (bicyclic) bond motifs is 1. The molecule has 0 radical (unpaired) electrons. The van der Waals surface area contributed by atoms with E-state index >= 15 is 0 Å². The topological polar surface area (TPSA) is 55.6 Å². The molecule has 0 saturated carbocycles. The van der Waals surface area contributed by atoms with Gasteiger partial charge in [0.25, 0.3) is 5.91 Å². The maximum atomic E-state index is 12.2. The molecule has 1 heterocycles. The predicted octanol–water partition coefficient (Wildman–Crippen LogP) is 5.52. The van der Waals surface area contributed by atoms with Crippen molar-refractivity contribution in [3.63, 3.8) is 0 Å². The van der Waals surface area contributed by atoms with Gasteiger partial charge in [-0.1, -0.05) is 81.4 Å². The van der Waals surface area contributed by atoms with Crippen molar-refractivity contribution >= 4 is 23.0 Å². The molecule has 0 unspecified atom stereocenters. The van der Waals surface area contributed by atoms with Crippen molar-refractivity contribution in [2.75, 3.05) is 6.61 Å². The van der Waals surface area contributed by atoms with Crippen molar-refractivity contribution in [3.05, 3.63) is 102 Å². The summed E-state index contributed by atoms with van der Waals surface area (Å²) in [4.78, 5) is 12.2. The van der Waals surface area contributed by atoms with Crippen LogP contribution in [0.3, 0.4) is 0 Å². The van der Waals surface area contributed by atoms with Crippen LogP contribution < -0.4 is 10.2 Å². The molecule has 1 amide bonds. The lowest BCUT2D eigenvalue weighted by Crippen LogP contribution is -2.24. The van der Waals surface area contributed by atoms with Gasteiger partial charge in [-0.3, -0.25) is 4.79 Å². The highest BCUT2D eigenvalue weighted by atomic mass is 16.5. The molecule has 1 aromatic heterocycles. The van der Waals surface area contributed by atoms with Crippen LogP contribution in [0.4, 0.5) is 0 Å². The van der Waals surface area contributed by atoms with Crippen LogP contribution >= 0.6 is 0 Å². The van der Waals surface area contributed by atoms with E-state index in [1.165, 1.54) is 11.1 Å². The molecule has 0 aliphatic rings. The van der Waals surface area contributed by atoms with Gasteiger partial charge in [-0.15, -0.1) is 0 Å². The van der Waals surface area contributed by atoms with Gasteiger partial charge in [0.1, 0.15) is 5.75 Å². The molecule has 0 spiro atoms. The van der Waals surface area contributed by atoms with Gasteiger partial charge in [0.15, 0.2) is 6.61 Å². The highest BCUT2D eigenvalue weighted by Gasteiger charge is 2.13. The predicted molar refractivity (Wildman–Crippen MR) is 134 cm³/mol. The highest BCUT2D eigenvalue weighted by Crippen LogP contribution is 2.24. The summed E-state index contributed by atoms with van der Waals surface area (Å²) >= 11 is 0. The SMILES string of the molecule is CC(C)(C)c1ccc(OCC(=O)NN=Cc2cn(Cc3ccccc3)c3ccccc23)cc1. The minimum atomic E-state index is -0.306. The first-order valence-electron chi connectivity index (χ1n) is 11.1. The first kappa shape index (κ1) is 22.3. The Balaban J connectivity index is 1.38. The Kier molecular flexibility index (Phi) is 6.59. The zero-order valence-corrected chi connectivity index (χ0v) is 19.3. The number of ether oxygens (including phenoxy) is 1.